The molecule has 3 aromatic carbocycles. The molecule has 0 radical (unpaired) electrons. The number of halogens is 1. The van der Waals surface area contributed by atoms with Gasteiger partial charge >= 0.3 is 0 Å². The molecule has 5 nitrogen and oxygen atoms in total. The third kappa shape index (κ3) is 5.80. The number of rotatable bonds is 8. The zero-order valence-electron chi connectivity index (χ0n) is 17.3. The first kappa shape index (κ1) is 20.8. The highest BCUT2D eigenvalue weighted by Gasteiger charge is 2.16. The second kappa shape index (κ2) is 10.0. The summed E-state index contributed by atoms with van der Waals surface area (Å²) >= 11 is 6.30. The van der Waals surface area contributed by atoms with E-state index in [1.165, 1.54) is 11.1 Å². The number of benzene rings is 3. The molecular formula is C25H24ClN5. The van der Waals surface area contributed by atoms with Crippen molar-refractivity contribution >= 4 is 23.5 Å². The maximum absolute atomic E-state index is 6.30. The molecule has 1 heterocycles. The van der Waals surface area contributed by atoms with Crippen LogP contribution in [-0.2, 0) is 13.1 Å². The molecule has 0 saturated carbocycles. The Morgan fingerprint density at radius 3 is 1.81 bits per heavy atom. The van der Waals surface area contributed by atoms with Gasteiger partial charge in [-0.3, -0.25) is 0 Å². The summed E-state index contributed by atoms with van der Waals surface area (Å²) in [5, 5.41) is 3.51. The van der Waals surface area contributed by atoms with E-state index in [4.69, 9.17) is 16.6 Å². The first-order valence-electron chi connectivity index (χ1n) is 10.2. The van der Waals surface area contributed by atoms with E-state index in [0.717, 1.165) is 5.56 Å². The molecular weight excluding hydrogens is 406 g/mol. The van der Waals surface area contributed by atoms with Crippen LogP contribution in [0.3, 0.4) is 0 Å². The summed E-state index contributed by atoms with van der Waals surface area (Å²) in [7, 11) is 0. The largest absolute Gasteiger partial charge is 0.348 e. The van der Waals surface area contributed by atoms with Crippen LogP contribution >= 0.6 is 11.6 Å². The second-order valence-corrected chi connectivity index (χ2v) is 7.67. The summed E-state index contributed by atoms with van der Waals surface area (Å²) in [6.07, 6.45) is 0. The lowest BCUT2D eigenvalue weighted by molar-refractivity contribution is 0.753. The standard InChI is InChI=1S/C25H24ClN5/c1-19(22-15-9-4-10-16-22)27-24-28-23(26)29-25(30-24)31(17-20-11-5-2-6-12-20)18-21-13-7-3-8-14-21/h2-16,19H,17-18H2,1H3,(H,27,28,29,30)/t19-/m0/s1. The fourth-order valence-corrected chi connectivity index (χ4v) is 3.52. The van der Waals surface area contributed by atoms with Crippen molar-refractivity contribution in [2.45, 2.75) is 26.1 Å². The maximum atomic E-state index is 6.30. The lowest BCUT2D eigenvalue weighted by Crippen LogP contribution is -2.25. The molecule has 31 heavy (non-hydrogen) atoms. The van der Waals surface area contributed by atoms with Crippen LogP contribution in [0.15, 0.2) is 91.0 Å². The topological polar surface area (TPSA) is 53.9 Å². The number of nitrogens with zero attached hydrogens (tertiary/aromatic N) is 4. The van der Waals surface area contributed by atoms with Crippen molar-refractivity contribution in [2.24, 2.45) is 0 Å². The van der Waals surface area contributed by atoms with E-state index in [-0.39, 0.29) is 11.3 Å². The van der Waals surface area contributed by atoms with Crippen LogP contribution in [0.2, 0.25) is 5.28 Å². The van der Waals surface area contributed by atoms with E-state index in [9.17, 15) is 0 Å². The molecule has 6 heteroatoms. The van der Waals surface area contributed by atoms with E-state index < -0.39 is 0 Å². The molecule has 0 spiro atoms. The van der Waals surface area contributed by atoms with E-state index in [2.05, 4.69) is 63.5 Å². The third-order valence-electron chi connectivity index (χ3n) is 4.96. The monoisotopic (exact) mass is 429 g/mol. The van der Waals surface area contributed by atoms with Gasteiger partial charge in [0.1, 0.15) is 0 Å². The van der Waals surface area contributed by atoms with Gasteiger partial charge in [-0.2, -0.15) is 15.0 Å². The highest BCUT2D eigenvalue weighted by molar-refractivity contribution is 6.28. The van der Waals surface area contributed by atoms with Crippen LogP contribution < -0.4 is 10.2 Å². The minimum absolute atomic E-state index is 0.0317. The van der Waals surface area contributed by atoms with Crippen molar-refractivity contribution in [1.82, 2.24) is 15.0 Å². The Bertz CT molecular complexity index is 1050. The molecule has 0 aliphatic heterocycles. The Hall–Kier alpha value is -3.44. The summed E-state index contributed by atoms with van der Waals surface area (Å²) in [6.45, 7) is 3.38. The van der Waals surface area contributed by atoms with Gasteiger partial charge in [0.15, 0.2) is 0 Å². The van der Waals surface area contributed by atoms with Gasteiger partial charge in [-0.05, 0) is 35.2 Å². The Balaban J connectivity index is 1.62. The third-order valence-corrected chi connectivity index (χ3v) is 5.13. The molecule has 0 fully saturated rings. The summed E-state index contributed by atoms with van der Waals surface area (Å²) in [4.78, 5) is 15.5. The van der Waals surface area contributed by atoms with Crippen LogP contribution in [0.25, 0.3) is 0 Å². The SMILES string of the molecule is C[C@H](Nc1nc(Cl)nc(N(Cc2ccccc2)Cc2ccccc2)n1)c1ccccc1. The second-order valence-electron chi connectivity index (χ2n) is 7.33. The quantitative estimate of drug-likeness (QED) is 0.377. The Morgan fingerprint density at radius 1 is 0.742 bits per heavy atom. The minimum atomic E-state index is 0.0317. The summed E-state index contributed by atoms with van der Waals surface area (Å²) < 4.78 is 0. The van der Waals surface area contributed by atoms with Gasteiger partial charge in [0.2, 0.25) is 17.2 Å². The van der Waals surface area contributed by atoms with Gasteiger partial charge in [0.05, 0.1) is 6.04 Å². The molecule has 0 saturated heterocycles. The predicted molar refractivity (Wildman–Crippen MR) is 126 cm³/mol. The Labute approximate surface area is 187 Å². The maximum Gasteiger partial charge on any atom is 0.232 e. The van der Waals surface area contributed by atoms with Crippen molar-refractivity contribution in [3.8, 4) is 0 Å². The average Bonchev–Trinajstić information content (AvgIpc) is 2.80. The smallest absolute Gasteiger partial charge is 0.232 e. The summed E-state index contributed by atoms with van der Waals surface area (Å²) in [6, 6.07) is 30.7. The highest BCUT2D eigenvalue weighted by atomic mass is 35.5. The molecule has 4 rings (SSSR count). The minimum Gasteiger partial charge on any atom is -0.348 e. The van der Waals surface area contributed by atoms with Crippen LogP contribution in [0.1, 0.15) is 29.7 Å². The fourth-order valence-electron chi connectivity index (χ4n) is 3.37. The van der Waals surface area contributed by atoms with Crippen LogP contribution in [0.4, 0.5) is 11.9 Å². The zero-order valence-corrected chi connectivity index (χ0v) is 18.1. The first-order valence-corrected chi connectivity index (χ1v) is 10.6. The first-order chi connectivity index (χ1) is 15.2. The van der Waals surface area contributed by atoms with Gasteiger partial charge in [-0.1, -0.05) is 91.0 Å². The van der Waals surface area contributed by atoms with E-state index in [1.54, 1.807) is 0 Å². The Kier molecular flexibility index (Phi) is 6.75. The van der Waals surface area contributed by atoms with Crippen molar-refractivity contribution < 1.29 is 0 Å². The van der Waals surface area contributed by atoms with Crippen LogP contribution in [0, 0.1) is 0 Å². The highest BCUT2D eigenvalue weighted by Crippen LogP contribution is 2.22. The van der Waals surface area contributed by atoms with Gasteiger partial charge in [0, 0.05) is 13.1 Å². The number of aromatic nitrogens is 3. The summed E-state index contributed by atoms with van der Waals surface area (Å²) in [5.41, 5.74) is 3.48. The molecule has 4 aromatic rings. The van der Waals surface area contributed by atoms with Crippen molar-refractivity contribution in [2.75, 3.05) is 10.2 Å². The Morgan fingerprint density at radius 2 is 1.26 bits per heavy atom. The fraction of sp³-hybridized carbons (Fsp3) is 0.160. The van der Waals surface area contributed by atoms with Crippen LogP contribution in [0.5, 0.6) is 0 Å². The number of hydrogen-bond acceptors (Lipinski definition) is 5. The molecule has 1 aromatic heterocycles. The molecule has 156 valence electrons. The molecule has 0 bridgehead atoms. The average molecular weight is 430 g/mol. The van der Waals surface area contributed by atoms with E-state index >= 15 is 0 Å². The van der Waals surface area contributed by atoms with Crippen LogP contribution in [-0.4, -0.2) is 15.0 Å². The number of nitrogens with one attached hydrogen (secondary N) is 1. The lowest BCUT2D eigenvalue weighted by atomic mass is 10.1. The van der Waals surface area contributed by atoms with Gasteiger partial charge in [0.25, 0.3) is 0 Å². The van der Waals surface area contributed by atoms with Crippen molar-refractivity contribution in [1.29, 1.82) is 0 Å². The van der Waals surface area contributed by atoms with Crippen molar-refractivity contribution in [3.63, 3.8) is 0 Å². The molecule has 0 aliphatic carbocycles. The predicted octanol–water partition coefficient (Wildman–Crippen LogP) is 5.90. The van der Waals surface area contributed by atoms with Crippen molar-refractivity contribution in [3.05, 3.63) is 113 Å². The van der Waals surface area contributed by atoms with Gasteiger partial charge in [-0.15, -0.1) is 0 Å². The molecule has 0 aliphatic rings. The van der Waals surface area contributed by atoms with Gasteiger partial charge in [-0.25, -0.2) is 0 Å². The zero-order chi connectivity index (χ0) is 21.5. The lowest BCUT2D eigenvalue weighted by Gasteiger charge is -2.24. The van der Waals surface area contributed by atoms with E-state index in [1.807, 2.05) is 54.6 Å². The molecule has 1 N–H and O–H groups in total. The van der Waals surface area contributed by atoms with E-state index in [0.29, 0.717) is 25.0 Å². The van der Waals surface area contributed by atoms with Gasteiger partial charge < -0.3 is 10.2 Å². The molecule has 0 amide bonds. The number of hydrogen-bond donors (Lipinski definition) is 1. The number of anilines is 2. The molecule has 0 unspecified atom stereocenters. The normalized spacial score (nSPS) is 11.7. The summed E-state index contributed by atoms with van der Waals surface area (Å²) in [5.74, 6) is 0.993. The molecule has 1 atom stereocenters.